The Bertz CT molecular complexity index is 1350. The van der Waals surface area contributed by atoms with Gasteiger partial charge in [0.25, 0.3) is 0 Å². The lowest BCUT2D eigenvalue weighted by Crippen LogP contribution is -2.28. The van der Waals surface area contributed by atoms with E-state index in [1.807, 2.05) is 32.0 Å². The van der Waals surface area contributed by atoms with Crippen LogP contribution >= 0.6 is 0 Å². The Balaban J connectivity index is 1.58. The van der Waals surface area contributed by atoms with E-state index < -0.39 is 5.97 Å². The maximum atomic E-state index is 12.9. The molecule has 0 bridgehead atoms. The zero-order valence-corrected chi connectivity index (χ0v) is 18.2. The number of aromatic hydroxyl groups is 1. The molecule has 2 aromatic carbocycles. The first-order chi connectivity index (χ1) is 15.7. The highest BCUT2D eigenvalue weighted by Crippen LogP contribution is 2.30. The molecule has 1 aromatic heterocycles. The van der Waals surface area contributed by atoms with Crippen molar-refractivity contribution >= 4 is 34.7 Å². The predicted molar refractivity (Wildman–Crippen MR) is 126 cm³/mol. The number of hydrogen-bond donors (Lipinski definition) is 3. The van der Waals surface area contributed by atoms with E-state index in [0.29, 0.717) is 22.6 Å². The molecule has 0 atom stereocenters. The van der Waals surface area contributed by atoms with Gasteiger partial charge in [0.2, 0.25) is 5.88 Å². The molecule has 1 aliphatic rings. The van der Waals surface area contributed by atoms with E-state index in [-0.39, 0.29) is 28.6 Å². The Morgan fingerprint density at radius 3 is 2.58 bits per heavy atom. The number of nitrogens with zero attached hydrogens (tertiary/aromatic N) is 4. The molecule has 0 aliphatic carbocycles. The molecule has 9 nitrogen and oxygen atoms in total. The summed E-state index contributed by atoms with van der Waals surface area (Å²) in [4.78, 5) is 27.9. The summed E-state index contributed by atoms with van der Waals surface area (Å²) in [7, 11) is 0. The summed E-state index contributed by atoms with van der Waals surface area (Å²) in [5.41, 5.74) is 7.62. The van der Waals surface area contributed by atoms with Crippen LogP contribution in [0.1, 0.15) is 28.4 Å². The van der Waals surface area contributed by atoms with Crippen LogP contribution in [-0.2, 0) is 4.79 Å². The number of nitrogens with one attached hydrogen (secondary N) is 1. The van der Waals surface area contributed by atoms with Crippen LogP contribution in [0.2, 0.25) is 0 Å². The highest BCUT2D eigenvalue weighted by Gasteiger charge is 2.31. The molecule has 1 amide bonds. The minimum atomic E-state index is -1.15. The Hall–Kier alpha value is -4.53. The number of aromatic carboxylic acids is 1. The third kappa shape index (κ3) is 4.29. The standard InChI is InChI=1S/C24H21N5O4/c1-13-7-8-19(9-14(13)2)29-23(31)21(15(3)28-29)27-26-18-6-4-5-16(10-18)20-11-17(24(32)33)12-25-22(20)30/h4-12,26H,1-3H3,(H,25,30)(H,32,33). The molecule has 166 valence electrons. The number of amides is 1. The van der Waals surface area contributed by atoms with Gasteiger partial charge in [0.1, 0.15) is 0 Å². The molecule has 0 unspecified atom stereocenters. The minimum Gasteiger partial charge on any atom is -0.493 e. The first kappa shape index (κ1) is 21.7. The van der Waals surface area contributed by atoms with Gasteiger partial charge in [-0.2, -0.15) is 15.2 Å². The van der Waals surface area contributed by atoms with Crippen molar-refractivity contribution in [3.05, 3.63) is 71.4 Å². The molecular weight excluding hydrogens is 422 g/mol. The Morgan fingerprint density at radius 2 is 1.85 bits per heavy atom. The predicted octanol–water partition coefficient (Wildman–Crippen LogP) is 3.96. The first-order valence-electron chi connectivity index (χ1n) is 10.1. The van der Waals surface area contributed by atoms with Crippen molar-refractivity contribution in [3.63, 3.8) is 0 Å². The van der Waals surface area contributed by atoms with Gasteiger partial charge in [-0.15, -0.1) is 0 Å². The molecule has 0 spiro atoms. The van der Waals surface area contributed by atoms with E-state index in [1.54, 1.807) is 31.2 Å². The average Bonchev–Trinajstić information content (AvgIpc) is 3.07. The number of aromatic nitrogens is 1. The number of anilines is 2. The number of hydrazone groups is 2. The van der Waals surface area contributed by atoms with Gasteiger partial charge in [-0.3, -0.25) is 10.2 Å². The van der Waals surface area contributed by atoms with Crippen LogP contribution in [0.5, 0.6) is 5.88 Å². The van der Waals surface area contributed by atoms with E-state index in [9.17, 15) is 19.8 Å². The summed E-state index contributed by atoms with van der Waals surface area (Å²) < 4.78 is 0. The highest BCUT2D eigenvalue weighted by molar-refractivity contribution is 6.71. The van der Waals surface area contributed by atoms with Crippen molar-refractivity contribution in [2.45, 2.75) is 20.8 Å². The summed E-state index contributed by atoms with van der Waals surface area (Å²) in [6, 6.07) is 13.8. The largest absolute Gasteiger partial charge is 0.493 e. The SMILES string of the molecule is CC1=NN(c2ccc(C)c(C)c2)C(=O)C1=NNc1cccc(-c2cc(C(=O)O)cnc2O)c1. The average molecular weight is 443 g/mol. The number of benzene rings is 2. The Kier molecular flexibility index (Phi) is 5.61. The maximum Gasteiger partial charge on any atom is 0.337 e. The Morgan fingerprint density at radius 1 is 1.06 bits per heavy atom. The molecule has 4 rings (SSSR count). The summed E-state index contributed by atoms with van der Waals surface area (Å²) in [6.45, 7) is 5.67. The normalized spacial score (nSPS) is 14.5. The van der Waals surface area contributed by atoms with E-state index in [2.05, 4.69) is 20.6 Å². The highest BCUT2D eigenvalue weighted by atomic mass is 16.4. The number of carbonyl (C=O) groups excluding carboxylic acids is 1. The number of carbonyl (C=O) groups is 2. The lowest BCUT2D eigenvalue weighted by molar-refractivity contribution is -0.112. The number of hydrogen-bond acceptors (Lipinski definition) is 7. The second-order valence-corrected chi connectivity index (χ2v) is 7.62. The third-order valence-corrected chi connectivity index (χ3v) is 5.31. The van der Waals surface area contributed by atoms with Gasteiger partial charge in [0, 0.05) is 11.8 Å². The maximum absolute atomic E-state index is 12.9. The quantitative estimate of drug-likeness (QED) is 0.512. The summed E-state index contributed by atoms with van der Waals surface area (Å²) in [5.74, 6) is -1.79. The molecule has 9 heteroatoms. The molecule has 3 N–H and O–H groups in total. The van der Waals surface area contributed by atoms with E-state index in [0.717, 1.165) is 17.3 Å². The van der Waals surface area contributed by atoms with Gasteiger partial charge in [-0.25, -0.2) is 9.78 Å². The molecule has 0 radical (unpaired) electrons. The van der Waals surface area contributed by atoms with Crippen LogP contribution < -0.4 is 10.4 Å². The molecule has 1 aliphatic heterocycles. The van der Waals surface area contributed by atoms with Gasteiger partial charge >= 0.3 is 11.9 Å². The molecule has 3 aromatic rings. The molecular formula is C24H21N5O4. The zero-order chi connectivity index (χ0) is 23.7. The van der Waals surface area contributed by atoms with Gasteiger partial charge in [-0.1, -0.05) is 18.2 Å². The number of carboxylic acids is 1. The van der Waals surface area contributed by atoms with Crippen molar-refractivity contribution in [2.24, 2.45) is 10.2 Å². The fourth-order valence-corrected chi connectivity index (χ4v) is 3.32. The van der Waals surface area contributed by atoms with Gasteiger partial charge < -0.3 is 10.2 Å². The molecule has 2 heterocycles. The van der Waals surface area contributed by atoms with Gasteiger partial charge in [0.05, 0.1) is 22.6 Å². The molecule has 0 saturated heterocycles. The second-order valence-electron chi connectivity index (χ2n) is 7.62. The summed E-state index contributed by atoms with van der Waals surface area (Å²) in [6.07, 6.45) is 1.09. The molecule has 0 fully saturated rings. The van der Waals surface area contributed by atoms with Crippen LogP contribution in [0.15, 0.2) is 64.9 Å². The lowest BCUT2D eigenvalue weighted by Gasteiger charge is -2.13. The first-order valence-corrected chi connectivity index (χ1v) is 10.1. The van der Waals surface area contributed by atoms with Crippen LogP contribution in [0.25, 0.3) is 11.1 Å². The smallest absolute Gasteiger partial charge is 0.337 e. The van der Waals surface area contributed by atoms with Crippen molar-refractivity contribution < 1.29 is 19.8 Å². The summed E-state index contributed by atoms with van der Waals surface area (Å²) in [5, 5.41) is 29.2. The van der Waals surface area contributed by atoms with Crippen LogP contribution in [-0.4, -0.2) is 38.5 Å². The monoisotopic (exact) mass is 443 g/mol. The fourth-order valence-electron chi connectivity index (χ4n) is 3.32. The van der Waals surface area contributed by atoms with E-state index in [4.69, 9.17) is 0 Å². The van der Waals surface area contributed by atoms with Crippen LogP contribution in [0.4, 0.5) is 11.4 Å². The topological polar surface area (TPSA) is 127 Å². The van der Waals surface area contributed by atoms with Crippen molar-refractivity contribution in [1.29, 1.82) is 0 Å². The van der Waals surface area contributed by atoms with Gasteiger partial charge in [-0.05, 0) is 67.8 Å². The van der Waals surface area contributed by atoms with Crippen LogP contribution in [0.3, 0.4) is 0 Å². The second kappa shape index (κ2) is 8.54. The fraction of sp³-hybridized carbons (Fsp3) is 0.125. The summed E-state index contributed by atoms with van der Waals surface area (Å²) >= 11 is 0. The number of pyridine rings is 1. The van der Waals surface area contributed by atoms with Crippen molar-refractivity contribution in [3.8, 4) is 17.0 Å². The minimum absolute atomic E-state index is 0.0452. The third-order valence-electron chi connectivity index (χ3n) is 5.31. The molecule has 0 saturated carbocycles. The van der Waals surface area contributed by atoms with E-state index >= 15 is 0 Å². The van der Waals surface area contributed by atoms with E-state index in [1.165, 1.54) is 11.1 Å². The van der Waals surface area contributed by atoms with Crippen molar-refractivity contribution in [2.75, 3.05) is 10.4 Å². The number of aryl methyl sites for hydroxylation is 2. The number of carboxylic acid groups (broad SMARTS) is 1. The van der Waals surface area contributed by atoms with Crippen molar-refractivity contribution in [1.82, 2.24) is 4.98 Å². The Labute approximate surface area is 189 Å². The zero-order valence-electron chi connectivity index (χ0n) is 18.2. The molecule has 33 heavy (non-hydrogen) atoms. The van der Waals surface area contributed by atoms with Gasteiger partial charge in [0.15, 0.2) is 5.71 Å². The van der Waals surface area contributed by atoms with Crippen LogP contribution in [0, 0.1) is 13.8 Å². The lowest BCUT2D eigenvalue weighted by atomic mass is 10.0. The number of rotatable bonds is 5.